The number of piperazine rings is 1. The van der Waals surface area contributed by atoms with Crippen LogP contribution in [0.3, 0.4) is 0 Å². The van der Waals surface area contributed by atoms with Gasteiger partial charge in [0.05, 0.1) is 13.2 Å². The van der Waals surface area contributed by atoms with E-state index < -0.39 is 0 Å². The number of likely N-dealkylation sites (tertiary alicyclic amines) is 1. The fourth-order valence-corrected chi connectivity index (χ4v) is 3.36. The first-order valence-electron chi connectivity index (χ1n) is 9.13. The van der Waals surface area contributed by atoms with Gasteiger partial charge in [-0.3, -0.25) is 9.89 Å². The predicted molar refractivity (Wildman–Crippen MR) is 96.1 cm³/mol. The van der Waals surface area contributed by atoms with E-state index in [0.29, 0.717) is 12.0 Å². The minimum Gasteiger partial charge on any atom is -0.381 e. The average molecular weight is 326 g/mol. The summed E-state index contributed by atoms with van der Waals surface area (Å²) < 4.78 is 5.59. The largest absolute Gasteiger partial charge is 0.381 e. The molecule has 6 heteroatoms. The summed E-state index contributed by atoms with van der Waals surface area (Å²) in [5, 5.41) is 3.47. The molecule has 2 fully saturated rings. The molecular weight excluding hydrogens is 290 g/mol. The minimum absolute atomic E-state index is 0.518. The van der Waals surface area contributed by atoms with E-state index in [1.807, 2.05) is 0 Å². The van der Waals surface area contributed by atoms with Gasteiger partial charge in [0.2, 0.25) is 0 Å². The maximum Gasteiger partial charge on any atom is 0.193 e. The zero-order chi connectivity index (χ0) is 16.7. The number of ether oxygens (including phenoxy) is 1. The monoisotopic (exact) mass is 325 g/mol. The molecule has 2 aliphatic heterocycles. The third kappa shape index (κ3) is 5.62. The maximum atomic E-state index is 5.59. The SMILES string of the molecule is CCNC(=NCC1CN(C)CCN1C)N1CCC(COCC)C1. The molecule has 0 radical (unpaired) electrons. The fraction of sp³-hybridized carbons (Fsp3) is 0.941. The number of aliphatic imine (C=N–C) groups is 1. The second kappa shape index (κ2) is 9.45. The lowest BCUT2D eigenvalue weighted by molar-refractivity contribution is 0.114. The highest BCUT2D eigenvalue weighted by Gasteiger charge is 2.26. The number of likely N-dealkylation sites (N-methyl/N-ethyl adjacent to an activating group) is 2. The molecule has 6 nitrogen and oxygen atoms in total. The van der Waals surface area contributed by atoms with Crippen molar-refractivity contribution in [3.8, 4) is 0 Å². The minimum atomic E-state index is 0.518. The third-order valence-corrected chi connectivity index (χ3v) is 4.91. The van der Waals surface area contributed by atoms with Crippen LogP contribution in [0.2, 0.25) is 0 Å². The van der Waals surface area contributed by atoms with Gasteiger partial charge in [0.1, 0.15) is 0 Å². The number of hydrogen-bond acceptors (Lipinski definition) is 4. The Morgan fingerprint density at radius 1 is 1.17 bits per heavy atom. The topological polar surface area (TPSA) is 43.3 Å². The fourth-order valence-electron chi connectivity index (χ4n) is 3.36. The summed E-state index contributed by atoms with van der Waals surface area (Å²) in [7, 11) is 4.42. The molecule has 23 heavy (non-hydrogen) atoms. The van der Waals surface area contributed by atoms with Crippen LogP contribution in [0.15, 0.2) is 4.99 Å². The second-order valence-electron chi connectivity index (χ2n) is 6.85. The van der Waals surface area contributed by atoms with Gasteiger partial charge in [-0.2, -0.15) is 0 Å². The van der Waals surface area contributed by atoms with Crippen LogP contribution >= 0.6 is 0 Å². The van der Waals surface area contributed by atoms with Crippen molar-refractivity contribution in [2.24, 2.45) is 10.9 Å². The van der Waals surface area contributed by atoms with Crippen molar-refractivity contribution in [1.29, 1.82) is 0 Å². The van der Waals surface area contributed by atoms with E-state index in [1.165, 1.54) is 6.42 Å². The number of nitrogens with one attached hydrogen (secondary N) is 1. The van der Waals surface area contributed by atoms with Crippen molar-refractivity contribution in [2.45, 2.75) is 26.3 Å². The quantitative estimate of drug-likeness (QED) is 0.571. The van der Waals surface area contributed by atoms with E-state index in [-0.39, 0.29) is 0 Å². The van der Waals surface area contributed by atoms with Crippen molar-refractivity contribution in [3.63, 3.8) is 0 Å². The number of nitrogens with zero attached hydrogens (tertiary/aromatic N) is 4. The molecule has 0 bridgehead atoms. The van der Waals surface area contributed by atoms with Crippen LogP contribution in [0.4, 0.5) is 0 Å². The standard InChI is InChI=1S/C17H35N5O/c1-5-18-17(22-8-7-15(12-22)14-23-6-2)19-11-16-13-20(3)9-10-21(16)4/h15-16H,5-14H2,1-4H3,(H,18,19). The van der Waals surface area contributed by atoms with Crippen LogP contribution in [0.5, 0.6) is 0 Å². The molecule has 134 valence electrons. The molecule has 0 aromatic rings. The van der Waals surface area contributed by atoms with Crippen LogP contribution < -0.4 is 5.32 Å². The van der Waals surface area contributed by atoms with E-state index in [0.717, 1.165) is 65.0 Å². The van der Waals surface area contributed by atoms with Gasteiger partial charge in [0.25, 0.3) is 0 Å². The van der Waals surface area contributed by atoms with Crippen LogP contribution in [-0.2, 0) is 4.74 Å². The molecule has 2 aliphatic rings. The zero-order valence-corrected chi connectivity index (χ0v) is 15.4. The van der Waals surface area contributed by atoms with Gasteiger partial charge in [0, 0.05) is 57.8 Å². The molecule has 0 spiro atoms. The van der Waals surface area contributed by atoms with Crippen LogP contribution in [0.25, 0.3) is 0 Å². The second-order valence-corrected chi connectivity index (χ2v) is 6.85. The summed E-state index contributed by atoms with van der Waals surface area (Å²) in [5.74, 6) is 1.72. The summed E-state index contributed by atoms with van der Waals surface area (Å²) in [6.45, 7) is 13.2. The van der Waals surface area contributed by atoms with Gasteiger partial charge in [-0.15, -0.1) is 0 Å². The van der Waals surface area contributed by atoms with Gasteiger partial charge in [-0.1, -0.05) is 0 Å². The Morgan fingerprint density at radius 3 is 2.74 bits per heavy atom. The maximum absolute atomic E-state index is 5.59. The number of rotatable bonds is 6. The van der Waals surface area contributed by atoms with Gasteiger partial charge in [-0.25, -0.2) is 0 Å². The molecule has 0 saturated carbocycles. The van der Waals surface area contributed by atoms with E-state index in [4.69, 9.17) is 9.73 Å². The lowest BCUT2D eigenvalue weighted by Crippen LogP contribution is -2.51. The van der Waals surface area contributed by atoms with Crippen molar-refractivity contribution in [2.75, 3.05) is 73.1 Å². The Hall–Kier alpha value is -0.850. The predicted octanol–water partition coefficient (Wildman–Crippen LogP) is 0.556. The van der Waals surface area contributed by atoms with Gasteiger partial charge in [-0.05, 0) is 34.4 Å². The highest BCUT2D eigenvalue weighted by atomic mass is 16.5. The van der Waals surface area contributed by atoms with Crippen molar-refractivity contribution in [3.05, 3.63) is 0 Å². The van der Waals surface area contributed by atoms with E-state index in [2.05, 4.69) is 48.0 Å². The summed E-state index contributed by atoms with van der Waals surface area (Å²) >= 11 is 0. The number of guanidine groups is 1. The lowest BCUT2D eigenvalue weighted by atomic mass is 10.1. The lowest BCUT2D eigenvalue weighted by Gasteiger charge is -2.37. The molecule has 2 heterocycles. The smallest absolute Gasteiger partial charge is 0.193 e. The molecular formula is C17H35N5O. The highest BCUT2D eigenvalue weighted by Crippen LogP contribution is 2.17. The third-order valence-electron chi connectivity index (χ3n) is 4.91. The van der Waals surface area contributed by atoms with E-state index in [1.54, 1.807) is 0 Å². The molecule has 0 aromatic carbocycles. The Labute approximate surface area is 141 Å². The summed E-state index contributed by atoms with van der Waals surface area (Å²) in [6, 6.07) is 0.518. The molecule has 0 aliphatic carbocycles. The van der Waals surface area contributed by atoms with Crippen molar-refractivity contribution >= 4 is 5.96 Å². The molecule has 2 rings (SSSR count). The normalized spacial score (nSPS) is 27.7. The van der Waals surface area contributed by atoms with E-state index in [9.17, 15) is 0 Å². The first kappa shape index (κ1) is 18.5. The average Bonchev–Trinajstić information content (AvgIpc) is 3.01. The van der Waals surface area contributed by atoms with Gasteiger partial charge in [0.15, 0.2) is 5.96 Å². The van der Waals surface area contributed by atoms with Gasteiger partial charge >= 0.3 is 0 Å². The number of hydrogen-bond donors (Lipinski definition) is 1. The van der Waals surface area contributed by atoms with Crippen LogP contribution in [0.1, 0.15) is 20.3 Å². The first-order chi connectivity index (χ1) is 11.1. The molecule has 0 amide bonds. The van der Waals surface area contributed by atoms with Crippen LogP contribution in [-0.4, -0.2) is 99.8 Å². The van der Waals surface area contributed by atoms with Crippen molar-refractivity contribution in [1.82, 2.24) is 20.0 Å². The Balaban J connectivity index is 1.89. The Morgan fingerprint density at radius 2 is 2.00 bits per heavy atom. The zero-order valence-electron chi connectivity index (χ0n) is 15.4. The molecule has 0 aromatic heterocycles. The van der Waals surface area contributed by atoms with Crippen molar-refractivity contribution < 1.29 is 4.74 Å². The summed E-state index contributed by atoms with van der Waals surface area (Å²) in [4.78, 5) is 12.2. The molecule has 2 saturated heterocycles. The van der Waals surface area contributed by atoms with Crippen LogP contribution in [0, 0.1) is 5.92 Å². The summed E-state index contributed by atoms with van der Waals surface area (Å²) in [5.41, 5.74) is 0. The molecule has 2 atom stereocenters. The van der Waals surface area contributed by atoms with Gasteiger partial charge < -0.3 is 19.9 Å². The Bertz CT molecular complexity index is 376. The molecule has 2 unspecified atom stereocenters. The summed E-state index contributed by atoms with van der Waals surface area (Å²) in [6.07, 6.45) is 1.20. The first-order valence-corrected chi connectivity index (χ1v) is 9.13. The highest BCUT2D eigenvalue weighted by molar-refractivity contribution is 5.80. The Kier molecular flexibility index (Phi) is 7.59. The molecule has 1 N–H and O–H groups in total. The van der Waals surface area contributed by atoms with E-state index >= 15 is 0 Å².